The second-order valence-corrected chi connectivity index (χ2v) is 6.18. The molecule has 1 aromatic carbocycles. The van der Waals surface area contributed by atoms with Crippen LogP contribution in [-0.4, -0.2) is 21.8 Å². The quantitative estimate of drug-likeness (QED) is 0.633. The highest BCUT2D eigenvalue weighted by atomic mass is 35.5. The van der Waals surface area contributed by atoms with Crippen molar-refractivity contribution < 1.29 is 14.2 Å². The van der Waals surface area contributed by atoms with Gasteiger partial charge < -0.3 is 14.2 Å². The van der Waals surface area contributed by atoms with Gasteiger partial charge in [-0.1, -0.05) is 34.8 Å². The van der Waals surface area contributed by atoms with Crippen LogP contribution in [0.2, 0.25) is 15.1 Å². The molecule has 0 aliphatic heterocycles. The molecule has 6 nitrogen and oxygen atoms in total. The molecular weight excluding hydrogens is 359 g/mol. The maximum atomic E-state index is 9.20. The van der Waals surface area contributed by atoms with Gasteiger partial charge in [-0.2, -0.15) is 10.2 Å². The van der Waals surface area contributed by atoms with E-state index in [1.165, 1.54) is 19.2 Å². The molecule has 2 rings (SSSR count). The van der Waals surface area contributed by atoms with Crippen molar-refractivity contribution in [2.24, 2.45) is 0 Å². The second-order valence-electron chi connectivity index (χ2n) is 3.83. The fourth-order valence-corrected chi connectivity index (χ4v) is 2.49. The first-order chi connectivity index (χ1) is 9.85. The Morgan fingerprint density at radius 1 is 1.33 bits per heavy atom. The molecule has 110 valence electrons. The molecule has 0 amide bonds. The van der Waals surface area contributed by atoms with E-state index in [0.29, 0.717) is 10.6 Å². The Bertz CT molecular complexity index is 729. The van der Waals surface area contributed by atoms with Crippen LogP contribution in [-0.2, 0) is 0 Å². The van der Waals surface area contributed by atoms with Crippen molar-refractivity contribution in [1.82, 2.24) is 4.98 Å². The lowest BCUT2D eigenvalue weighted by atomic mass is 10.2. The van der Waals surface area contributed by atoms with Crippen molar-refractivity contribution in [1.29, 1.82) is 5.26 Å². The highest BCUT2D eigenvalue weighted by Crippen LogP contribution is 2.41. The third-order valence-electron chi connectivity index (χ3n) is 2.50. The minimum Gasteiger partial charge on any atom is -0.419 e. The average molecular weight is 367 g/mol. The third kappa shape index (κ3) is 3.24. The Morgan fingerprint density at radius 2 is 2.00 bits per heavy atom. The molecule has 21 heavy (non-hydrogen) atoms. The average Bonchev–Trinajstić information content (AvgIpc) is 2.85. The largest absolute Gasteiger partial charge is 0.419 e. The maximum Gasteiger partial charge on any atom is 0.286 e. The molecule has 0 atom stereocenters. The monoisotopic (exact) mass is 365 g/mol. The van der Waals surface area contributed by atoms with Crippen molar-refractivity contribution in [3.63, 3.8) is 0 Å². The first kappa shape index (κ1) is 16.3. The smallest absolute Gasteiger partial charge is 0.286 e. The first-order valence-corrected chi connectivity index (χ1v) is 7.66. The lowest BCUT2D eigenvalue weighted by Crippen LogP contribution is -2.09. The van der Waals surface area contributed by atoms with Crippen LogP contribution in [0.25, 0.3) is 11.5 Å². The number of oxazole rings is 1. The number of benzene rings is 1. The summed E-state index contributed by atoms with van der Waals surface area (Å²) < 4.78 is 6.38. The van der Waals surface area contributed by atoms with Gasteiger partial charge in [0.15, 0.2) is 0 Å². The Morgan fingerprint density at radius 3 is 2.57 bits per heavy atom. The van der Waals surface area contributed by atoms with Crippen LogP contribution in [0.1, 0.15) is 5.69 Å². The predicted molar refractivity (Wildman–Crippen MR) is 81.4 cm³/mol. The van der Waals surface area contributed by atoms with Gasteiger partial charge in [-0.15, -0.1) is 0 Å². The third-order valence-corrected chi connectivity index (χ3v) is 4.24. The predicted octanol–water partition coefficient (Wildman–Crippen LogP) is 3.82. The van der Waals surface area contributed by atoms with Crippen LogP contribution in [0.4, 0.5) is 5.88 Å². The summed E-state index contributed by atoms with van der Waals surface area (Å²) in [6.45, 7) is 0. The van der Waals surface area contributed by atoms with E-state index >= 15 is 0 Å². The van der Waals surface area contributed by atoms with E-state index in [0.717, 1.165) is 4.67 Å². The zero-order valence-corrected chi connectivity index (χ0v) is 13.5. The Hall–Kier alpha value is -1.06. The molecule has 0 bridgehead atoms. The van der Waals surface area contributed by atoms with Gasteiger partial charge in [-0.25, -0.2) is 0 Å². The summed E-state index contributed by atoms with van der Waals surface area (Å²) in [6, 6.07) is 4.74. The summed E-state index contributed by atoms with van der Waals surface area (Å²) in [5.41, 5.74) is 0.181. The second kappa shape index (κ2) is 6.37. The first-order valence-electron chi connectivity index (χ1n) is 5.32. The minimum atomic E-state index is -2.47. The van der Waals surface area contributed by atoms with Crippen molar-refractivity contribution in [2.45, 2.75) is 0 Å². The molecule has 0 saturated carbocycles. The zero-order valence-electron chi connectivity index (χ0n) is 10.4. The van der Waals surface area contributed by atoms with Crippen molar-refractivity contribution in [2.75, 3.05) is 11.7 Å². The molecule has 10 heteroatoms. The van der Waals surface area contributed by atoms with Gasteiger partial charge in [0.1, 0.15) is 6.07 Å². The maximum absolute atomic E-state index is 9.20. The molecule has 0 spiro atoms. The molecule has 0 unspecified atom stereocenters. The SMILES string of the molecule is CN(c1oc(-c2cc(Cl)cc(Cl)c2Cl)nc1C#N)P(O)O. The Balaban J connectivity index is 2.60. The normalized spacial score (nSPS) is 10.8. The molecule has 1 aromatic heterocycles. The number of anilines is 1. The zero-order chi connectivity index (χ0) is 15.7. The fourth-order valence-electron chi connectivity index (χ4n) is 1.51. The van der Waals surface area contributed by atoms with Crippen molar-refractivity contribution in [3.8, 4) is 17.5 Å². The van der Waals surface area contributed by atoms with Gasteiger partial charge in [-0.3, -0.25) is 4.67 Å². The van der Waals surface area contributed by atoms with Gasteiger partial charge >= 0.3 is 0 Å². The fraction of sp³-hybridized carbons (Fsp3) is 0.0909. The van der Waals surface area contributed by atoms with E-state index in [1.807, 2.05) is 0 Å². The Labute approximate surface area is 136 Å². The molecular formula is C11H7Cl3N3O3P. The molecule has 2 N–H and O–H groups in total. The number of rotatable bonds is 3. The van der Waals surface area contributed by atoms with E-state index in [9.17, 15) is 9.79 Å². The van der Waals surface area contributed by atoms with E-state index in [2.05, 4.69) is 4.98 Å². The molecule has 2 aromatic rings. The van der Waals surface area contributed by atoms with Crippen molar-refractivity contribution in [3.05, 3.63) is 32.9 Å². The standard InChI is InChI=1S/C11H7Cl3N3O3P/c1-17(21(18)19)11-8(4-15)16-10(20-11)6-2-5(12)3-7(13)9(6)14/h2-3,18-19H,1H3. The summed E-state index contributed by atoms with van der Waals surface area (Å²) in [6.07, 6.45) is 0. The van der Waals surface area contributed by atoms with Crippen LogP contribution < -0.4 is 4.67 Å². The summed E-state index contributed by atoms with van der Waals surface area (Å²) in [5.74, 6) is -0.0876. The van der Waals surface area contributed by atoms with Gasteiger partial charge in [0.05, 0.1) is 15.6 Å². The number of aromatic nitrogens is 1. The van der Waals surface area contributed by atoms with E-state index in [4.69, 9.17) is 44.5 Å². The van der Waals surface area contributed by atoms with Gasteiger partial charge in [-0.05, 0) is 12.1 Å². The molecule has 0 fully saturated rings. The number of nitriles is 1. The Kier molecular flexibility index (Phi) is 4.95. The van der Waals surface area contributed by atoms with Crippen LogP contribution in [0.5, 0.6) is 0 Å². The van der Waals surface area contributed by atoms with Crippen LogP contribution in [0.3, 0.4) is 0 Å². The summed E-state index contributed by atoms with van der Waals surface area (Å²) in [5, 5.41) is 9.73. The molecule has 0 aliphatic carbocycles. The summed E-state index contributed by atoms with van der Waals surface area (Å²) >= 11 is 17.9. The summed E-state index contributed by atoms with van der Waals surface area (Å²) in [7, 11) is -1.12. The minimum absolute atomic E-state index is 0.000324. The van der Waals surface area contributed by atoms with Crippen molar-refractivity contribution >= 4 is 49.2 Å². The molecule has 0 radical (unpaired) electrons. The number of hydrogen-bond donors (Lipinski definition) is 2. The van der Waals surface area contributed by atoms with Gasteiger partial charge in [0.25, 0.3) is 8.53 Å². The highest BCUT2D eigenvalue weighted by Gasteiger charge is 2.24. The number of nitrogens with zero attached hydrogens (tertiary/aromatic N) is 3. The van der Waals surface area contributed by atoms with Crippen LogP contribution in [0.15, 0.2) is 16.5 Å². The topological polar surface area (TPSA) is 93.5 Å². The van der Waals surface area contributed by atoms with Gasteiger partial charge in [0, 0.05) is 12.1 Å². The van der Waals surface area contributed by atoms with E-state index < -0.39 is 8.53 Å². The lowest BCUT2D eigenvalue weighted by molar-refractivity contribution is 0.473. The van der Waals surface area contributed by atoms with E-state index in [1.54, 1.807) is 6.07 Å². The lowest BCUT2D eigenvalue weighted by Gasteiger charge is -2.15. The molecule has 1 heterocycles. The number of hydrogen-bond acceptors (Lipinski definition) is 6. The summed E-state index contributed by atoms with van der Waals surface area (Å²) in [4.78, 5) is 22.4. The van der Waals surface area contributed by atoms with E-state index in [-0.39, 0.29) is 27.5 Å². The molecule has 0 aliphatic rings. The molecule has 0 saturated heterocycles. The van der Waals surface area contributed by atoms with Gasteiger partial charge in [0.2, 0.25) is 17.5 Å². The van der Waals surface area contributed by atoms with Crippen LogP contribution in [0, 0.1) is 11.3 Å². The number of halogens is 3. The highest BCUT2D eigenvalue weighted by molar-refractivity contribution is 7.47. The van der Waals surface area contributed by atoms with Crippen LogP contribution >= 0.6 is 43.3 Å².